The molecule has 130 valence electrons. The molecular formula is C19H18N6O. The number of fused-ring (bicyclic) bond motifs is 2. The van der Waals surface area contributed by atoms with Crippen LogP contribution in [0.4, 0.5) is 5.69 Å². The highest BCUT2D eigenvalue weighted by atomic mass is 16.1. The summed E-state index contributed by atoms with van der Waals surface area (Å²) in [4.78, 5) is 16.0. The van der Waals surface area contributed by atoms with Crippen molar-refractivity contribution in [2.24, 2.45) is 5.73 Å². The summed E-state index contributed by atoms with van der Waals surface area (Å²) in [7, 11) is 0. The molecule has 2 aromatic heterocycles. The van der Waals surface area contributed by atoms with Gasteiger partial charge in [0.25, 0.3) is 5.91 Å². The first kappa shape index (κ1) is 16.0. The number of carbonyl (C=O) groups is 1. The molecule has 2 heterocycles. The van der Waals surface area contributed by atoms with E-state index in [1.807, 2.05) is 36.7 Å². The van der Waals surface area contributed by atoms with Gasteiger partial charge in [-0.25, -0.2) is 4.98 Å². The van der Waals surface area contributed by atoms with E-state index in [1.54, 1.807) is 6.07 Å². The number of carbonyl (C=O) groups excluding carboxylic acids is 1. The van der Waals surface area contributed by atoms with E-state index in [2.05, 4.69) is 33.6 Å². The first-order valence-corrected chi connectivity index (χ1v) is 8.29. The molecule has 0 saturated carbocycles. The summed E-state index contributed by atoms with van der Waals surface area (Å²) in [6.45, 7) is 4.24. The second-order valence-electron chi connectivity index (χ2n) is 6.48. The van der Waals surface area contributed by atoms with Crippen LogP contribution in [0.25, 0.3) is 33.1 Å². The highest BCUT2D eigenvalue weighted by molar-refractivity contribution is 6.07. The van der Waals surface area contributed by atoms with Gasteiger partial charge >= 0.3 is 0 Å². The quantitative estimate of drug-likeness (QED) is 0.592. The molecule has 0 aliphatic carbocycles. The lowest BCUT2D eigenvalue weighted by Gasteiger charge is -2.10. The van der Waals surface area contributed by atoms with Crippen LogP contribution in [-0.4, -0.2) is 25.7 Å². The molecule has 4 rings (SSSR count). The Morgan fingerprint density at radius 1 is 1.15 bits per heavy atom. The second kappa shape index (κ2) is 5.80. The van der Waals surface area contributed by atoms with Crippen molar-refractivity contribution in [3.63, 3.8) is 0 Å². The van der Waals surface area contributed by atoms with E-state index in [1.165, 1.54) is 0 Å². The van der Waals surface area contributed by atoms with Gasteiger partial charge in [-0.1, -0.05) is 24.3 Å². The van der Waals surface area contributed by atoms with Gasteiger partial charge in [-0.05, 0) is 31.5 Å². The fourth-order valence-corrected chi connectivity index (χ4v) is 3.18. The van der Waals surface area contributed by atoms with Crippen LogP contribution in [0.5, 0.6) is 0 Å². The molecule has 2 aromatic carbocycles. The Balaban J connectivity index is 1.93. The molecule has 0 unspecified atom stereocenters. The van der Waals surface area contributed by atoms with Crippen molar-refractivity contribution >= 4 is 33.5 Å². The van der Waals surface area contributed by atoms with Gasteiger partial charge in [0.1, 0.15) is 5.52 Å². The van der Waals surface area contributed by atoms with Crippen molar-refractivity contribution in [1.29, 1.82) is 0 Å². The van der Waals surface area contributed by atoms with E-state index in [4.69, 9.17) is 11.5 Å². The fraction of sp³-hybridized carbons (Fsp3) is 0.158. The summed E-state index contributed by atoms with van der Waals surface area (Å²) < 4.78 is 2.12. The zero-order chi connectivity index (χ0) is 18.4. The number of imidazole rings is 1. The summed E-state index contributed by atoms with van der Waals surface area (Å²) in [5.41, 5.74) is 16.1. The van der Waals surface area contributed by atoms with Crippen molar-refractivity contribution in [3.05, 3.63) is 48.4 Å². The fourth-order valence-electron chi connectivity index (χ4n) is 3.18. The first-order valence-electron chi connectivity index (χ1n) is 8.29. The van der Waals surface area contributed by atoms with Crippen LogP contribution in [0.15, 0.2) is 42.7 Å². The number of nitrogen functional groups attached to an aromatic ring is 1. The van der Waals surface area contributed by atoms with Crippen LogP contribution in [-0.2, 0) is 0 Å². The lowest BCUT2D eigenvalue weighted by molar-refractivity contribution is 0.0996. The predicted molar refractivity (Wildman–Crippen MR) is 102 cm³/mol. The maximum Gasteiger partial charge on any atom is 0.271 e. The monoisotopic (exact) mass is 346 g/mol. The van der Waals surface area contributed by atoms with E-state index < -0.39 is 5.91 Å². The van der Waals surface area contributed by atoms with Crippen molar-refractivity contribution in [2.45, 2.75) is 19.9 Å². The van der Waals surface area contributed by atoms with Crippen molar-refractivity contribution in [1.82, 2.24) is 19.7 Å². The minimum absolute atomic E-state index is 0.0132. The summed E-state index contributed by atoms with van der Waals surface area (Å²) >= 11 is 0. The van der Waals surface area contributed by atoms with Crippen LogP contribution in [0.2, 0.25) is 0 Å². The maximum absolute atomic E-state index is 11.5. The predicted octanol–water partition coefficient (Wildman–Crippen LogP) is 2.91. The number of nitrogens with zero attached hydrogens (tertiary/aromatic N) is 4. The summed E-state index contributed by atoms with van der Waals surface area (Å²) in [5, 5.41) is 8.76. The minimum Gasteiger partial charge on any atom is -0.396 e. The molecule has 0 bridgehead atoms. The van der Waals surface area contributed by atoms with Crippen LogP contribution in [0, 0.1) is 0 Å². The van der Waals surface area contributed by atoms with E-state index in [0.29, 0.717) is 16.9 Å². The number of aromatic nitrogens is 4. The number of hydrogen-bond acceptors (Lipinski definition) is 5. The average molecular weight is 346 g/mol. The number of anilines is 1. The molecule has 0 radical (unpaired) electrons. The van der Waals surface area contributed by atoms with Crippen LogP contribution in [0.3, 0.4) is 0 Å². The molecule has 0 aliphatic rings. The second-order valence-corrected chi connectivity index (χ2v) is 6.48. The maximum atomic E-state index is 11.5. The Morgan fingerprint density at radius 2 is 1.96 bits per heavy atom. The first-order chi connectivity index (χ1) is 12.5. The van der Waals surface area contributed by atoms with Gasteiger partial charge < -0.3 is 16.0 Å². The molecule has 7 nitrogen and oxygen atoms in total. The third-order valence-corrected chi connectivity index (χ3v) is 4.51. The van der Waals surface area contributed by atoms with Gasteiger partial charge in [-0.2, -0.15) is 0 Å². The Labute approximate surface area is 149 Å². The van der Waals surface area contributed by atoms with Crippen molar-refractivity contribution < 1.29 is 4.79 Å². The summed E-state index contributed by atoms with van der Waals surface area (Å²) in [5.74, 6) is -0.692. The van der Waals surface area contributed by atoms with E-state index in [0.717, 1.165) is 22.2 Å². The number of hydrogen-bond donors (Lipinski definition) is 2. The number of nitrogens with two attached hydrogens (primary N) is 2. The van der Waals surface area contributed by atoms with Crippen LogP contribution < -0.4 is 11.5 Å². The van der Waals surface area contributed by atoms with Crippen LogP contribution >= 0.6 is 0 Å². The Kier molecular flexibility index (Phi) is 3.57. The van der Waals surface area contributed by atoms with E-state index in [9.17, 15) is 4.79 Å². The molecule has 4 N–H and O–H groups in total. The lowest BCUT2D eigenvalue weighted by Crippen LogP contribution is -2.16. The molecule has 26 heavy (non-hydrogen) atoms. The molecule has 1 amide bonds. The summed E-state index contributed by atoms with van der Waals surface area (Å²) in [6.07, 6.45) is 1.85. The number of amides is 1. The molecular weight excluding hydrogens is 328 g/mol. The largest absolute Gasteiger partial charge is 0.396 e. The summed E-state index contributed by atoms with van der Waals surface area (Å²) in [6, 6.07) is 12.0. The molecule has 0 saturated heterocycles. The Morgan fingerprint density at radius 3 is 2.69 bits per heavy atom. The standard InChI is InChI=1S/C19H18N6O/c1-10(2)25-9-22-14-8-11(6-7-15(14)25)12-4-3-5-13-16(20)18(19(21)26)24-23-17(12)13/h3-10H,1-2H3,(H2,20,23)(H2,21,26). The van der Waals surface area contributed by atoms with Gasteiger partial charge in [0, 0.05) is 17.0 Å². The SMILES string of the molecule is CC(C)n1cnc2cc(-c3cccc4c(N)c(C(N)=O)nnc34)ccc21. The van der Waals surface area contributed by atoms with Gasteiger partial charge in [0.15, 0.2) is 5.69 Å². The number of primary amides is 1. The molecule has 4 aromatic rings. The minimum atomic E-state index is -0.692. The molecule has 0 atom stereocenters. The highest BCUT2D eigenvalue weighted by Crippen LogP contribution is 2.32. The average Bonchev–Trinajstić information content (AvgIpc) is 3.04. The Bertz CT molecular complexity index is 1160. The zero-order valence-electron chi connectivity index (χ0n) is 14.5. The lowest BCUT2D eigenvalue weighted by atomic mass is 10.0. The topological polar surface area (TPSA) is 113 Å². The molecule has 0 spiro atoms. The molecule has 0 fully saturated rings. The van der Waals surface area contributed by atoms with Crippen molar-refractivity contribution in [3.8, 4) is 11.1 Å². The van der Waals surface area contributed by atoms with Crippen molar-refractivity contribution in [2.75, 3.05) is 5.73 Å². The van der Waals surface area contributed by atoms with E-state index >= 15 is 0 Å². The van der Waals surface area contributed by atoms with E-state index in [-0.39, 0.29) is 11.4 Å². The third kappa shape index (κ3) is 2.36. The normalized spacial score (nSPS) is 11.5. The smallest absolute Gasteiger partial charge is 0.271 e. The van der Waals surface area contributed by atoms with Gasteiger partial charge in [-0.3, -0.25) is 4.79 Å². The highest BCUT2D eigenvalue weighted by Gasteiger charge is 2.15. The number of rotatable bonds is 3. The van der Waals surface area contributed by atoms with Gasteiger partial charge in [-0.15, -0.1) is 10.2 Å². The zero-order valence-corrected chi connectivity index (χ0v) is 14.5. The number of benzene rings is 2. The molecule has 0 aliphatic heterocycles. The van der Waals surface area contributed by atoms with Gasteiger partial charge in [0.05, 0.1) is 23.0 Å². The molecule has 7 heteroatoms. The van der Waals surface area contributed by atoms with Crippen LogP contribution in [0.1, 0.15) is 30.4 Å². The Hall–Kier alpha value is -3.48. The van der Waals surface area contributed by atoms with Gasteiger partial charge in [0.2, 0.25) is 0 Å². The third-order valence-electron chi connectivity index (χ3n) is 4.51.